The molecule has 0 spiro atoms. The highest BCUT2D eigenvalue weighted by Gasteiger charge is 2.26. The molecule has 1 N–H and O–H groups in total. The maximum atomic E-state index is 12.5. The molecule has 1 aliphatic rings. The topological polar surface area (TPSA) is 77.1 Å². The van der Waals surface area contributed by atoms with Crippen LogP contribution in [0.2, 0.25) is 0 Å². The summed E-state index contributed by atoms with van der Waals surface area (Å²) in [5.41, 5.74) is 2.22. The second-order valence-electron chi connectivity index (χ2n) is 5.92. The van der Waals surface area contributed by atoms with Crippen molar-refractivity contribution in [1.82, 2.24) is 0 Å². The van der Waals surface area contributed by atoms with Gasteiger partial charge in [0.1, 0.15) is 18.0 Å². The van der Waals surface area contributed by atoms with Gasteiger partial charge < -0.3 is 24.4 Å². The van der Waals surface area contributed by atoms with Crippen molar-refractivity contribution in [3.8, 4) is 17.2 Å². The molecule has 0 fully saturated rings. The third-order valence-corrected chi connectivity index (χ3v) is 4.02. The van der Waals surface area contributed by atoms with E-state index in [4.69, 9.17) is 14.2 Å². The molecule has 1 aliphatic heterocycles. The number of hydrogen-bond acceptors (Lipinski definition) is 6. The Labute approximate surface area is 151 Å². The minimum atomic E-state index is -0.391. The van der Waals surface area contributed by atoms with Crippen LogP contribution in [0.25, 0.3) is 0 Å². The molecule has 3 rings (SSSR count). The number of aryl methyl sites for hydroxylation is 1. The van der Waals surface area contributed by atoms with Crippen LogP contribution in [0.15, 0.2) is 36.4 Å². The molecular formula is C19H20N2O5. The molecule has 0 aliphatic carbocycles. The first kappa shape index (κ1) is 17.6. The second kappa shape index (κ2) is 7.35. The fraction of sp³-hybridized carbons (Fsp3) is 0.263. The van der Waals surface area contributed by atoms with Gasteiger partial charge in [-0.25, -0.2) is 4.79 Å². The molecule has 1 heterocycles. The Morgan fingerprint density at radius 1 is 1.19 bits per heavy atom. The van der Waals surface area contributed by atoms with Crippen LogP contribution in [-0.2, 0) is 9.59 Å². The van der Waals surface area contributed by atoms with Gasteiger partial charge in [-0.05, 0) is 36.8 Å². The number of fused-ring (bicyclic) bond motifs is 1. The van der Waals surface area contributed by atoms with Gasteiger partial charge in [0.25, 0.3) is 0 Å². The first-order chi connectivity index (χ1) is 12.5. The van der Waals surface area contributed by atoms with E-state index < -0.39 is 5.97 Å². The number of amides is 1. The van der Waals surface area contributed by atoms with Gasteiger partial charge in [-0.15, -0.1) is 0 Å². The summed E-state index contributed by atoms with van der Waals surface area (Å²) >= 11 is 0. The lowest BCUT2D eigenvalue weighted by Gasteiger charge is -2.29. The number of benzene rings is 2. The van der Waals surface area contributed by atoms with E-state index in [1.54, 1.807) is 36.3 Å². The normalized spacial score (nSPS) is 12.9. The second-order valence-corrected chi connectivity index (χ2v) is 5.92. The van der Waals surface area contributed by atoms with Crippen LogP contribution in [0.3, 0.4) is 0 Å². The van der Waals surface area contributed by atoms with Crippen LogP contribution >= 0.6 is 0 Å². The number of esters is 1. The van der Waals surface area contributed by atoms with Crippen LogP contribution in [0.4, 0.5) is 11.4 Å². The number of carbonyl (C=O) groups is 2. The average molecular weight is 356 g/mol. The van der Waals surface area contributed by atoms with Crippen molar-refractivity contribution >= 4 is 23.3 Å². The number of anilines is 2. The molecule has 0 unspecified atom stereocenters. The van der Waals surface area contributed by atoms with Crippen molar-refractivity contribution in [2.75, 3.05) is 37.5 Å². The predicted molar refractivity (Wildman–Crippen MR) is 97.2 cm³/mol. The number of rotatable bonds is 5. The minimum absolute atomic E-state index is 0.0142. The molecule has 0 bridgehead atoms. The maximum absolute atomic E-state index is 12.5. The van der Waals surface area contributed by atoms with Crippen LogP contribution in [0, 0.1) is 6.92 Å². The number of ether oxygens (including phenoxy) is 3. The molecule has 136 valence electrons. The Bertz CT molecular complexity index is 850. The van der Waals surface area contributed by atoms with Crippen molar-refractivity contribution < 1.29 is 23.8 Å². The van der Waals surface area contributed by atoms with E-state index in [1.807, 2.05) is 19.1 Å². The lowest BCUT2D eigenvalue weighted by molar-refractivity contribution is -0.133. The van der Waals surface area contributed by atoms with E-state index in [-0.39, 0.29) is 19.0 Å². The lowest BCUT2D eigenvalue weighted by atomic mass is 10.1. The molecule has 7 nitrogen and oxygen atoms in total. The van der Waals surface area contributed by atoms with Gasteiger partial charge in [-0.3, -0.25) is 4.79 Å². The van der Waals surface area contributed by atoms with Gasteiger partial charge in [0.15, 0.2) is 5.75 Å². The molecule has 0 saturated carbocycles. The Hall–Kier alpha value is -3.22. The summed E-state index contributed by atoms with van der Waals surface area (Å²) in [5, 5.41) is 2.80. The Morgan fingerprint density at radius 3 is 2.73 bits per heavy atom. The highest BCUT2D eigenvalue weighted by molar-refractivity contribution is 5.97. The predicted octanol–water partition coefficient (Wildman–Crippen LogP) is 2.38. The van der Waals surface area contributed by atoms with Crippen molar-refractivity contribution in [3.05, 3.63) is 42.0 Å². The van der Waals surface area contributed by atoms with Crippen molar-refractivity contribution in [3.63, 3.8) is 0 Å². The fourth-order valence-electron chi connectivity index (χ4n) is 2.77. The minimum Gasteiger partial charge on any atom is -0.497 e. The number of hydrogen-bond donors (Lipinski definition) is 1. The van der Waals surface area contributed by atoms with Gasteiger partial charge >= 0.3 is 5.97 Å². The van der Waals surface area contributed by atoms with Crippen LogP contribution in [0.5, 0.6) is 17.2 Å². The van der Waals surface area contributed by atoms with Crippen molar-refractivity contribution in [1.29, 1.82) is 0 Å². The number of methoxy groups -OCH3 is 2. The zero-order chi connectivity index (χ0) is 18.7. The quantitative estimate of drug-likeness (QED) is 0.655. The third-order valence-electron chi connectivity index (χ3n) is 4.02. The Balaban J connectivity index is 1.76. The van der Waals surface area contributed by atoms with Gasteiger partial charge in [0.05, 0.1) is 32.1 Å². The number of nitrogens with zero attached hydrogens (tertiary/aromatic N) is 1. The monoisotopic (exact) mass is 356 g/mol. The summed E-state index contributed by atoms with van der Waals surface area (Å²) in [5.74, 6) is 0.929. The average Bonchev–Trinajstić information content (AvgIpc) is 2.61. The highest BCUT2D eigenvalue weighted by Crippen LogP contribution is 2.33. The van der Waals surface area contributed by atoms with Crippen LogP contribution < -0.4 is 24.4 Å². The molecular weight excluding hydrogens is 336 g/mol. The molecule has 26 heavy (non-hydrogen) atoms. The van der Waals surface area contributed by atoms with Crippen molar-refractivity contribution in [2.45, 2.75) is 6.92 Å². The molecule has 0 radical (unpaired) electrons. The van der Waals surface area contributed by atoms with Gasteiger partial charge in [0, 0.05) is 6.07 Å². The van der Waals surface area contributed by atoms with Crippen molar-refractivity contribution in [2.24, 2.45) is 0 Å². The molecule has 0 saturated heterocycles. The van der Waals surface area contributed by atoms with E-state index in [2.05, 4.69) is 5.32 Å². The van der Waals surface area contributed by atoms with E-state index >= 15 is 0 Å². The smallest absolute Gasteiger partial charge is 0.331 e. The summed E-state index contributed by atoms with van der Waals surface area (Å²) in [7, 11) is 3.07. The van der Waals surface area contributed by atoms with E-state index in [0.29, 0.717) is 28.6 Å². The largest absolute Gasteiger partial charge is 0.497 e. The Kier molecular flexibility index (Phi) is 4.97. The standard InChI is InChI=1S/C19H20N2O5/c1-12-4-7-15-17(8-12)26-19(23)11-21(15)10-18(22)20-14-6-5-13(24-2)9-16(14)25-3/h4-9H,10-11H2,1-3H3,(H,20,22). The van der Waals surface area contributed by atoms with Gasteiger partial charge in [-0.2, -0.15) is 0 Å². The van der Waals surface area contributed by atoms with E-state index in [9.17, 15) is 9.59 Å². The SMILES string of the molecule is COc1ccc(NC(=O)CN2CC(=O)Oc3cc(C)ccc32)c(OC)c1. The molecule has 2 aromatic carbocycles. The first-order valence-electron chi connectivity index (χ1n) is 8.08. The number of carbonyl (C=O) groups excluding carboxylic acids is 2. The zero-order valence-corrected chi connectivity index (χ0v) is 14.9. The summed E-state index contributed by atoms with van der Waals surface area (Å²) < 4.78 is 15.7. The maximum Gasteiger partial charge on any atom is 0.331 e. The molecule has 7 heteroatoms. The van der Waals surface area contributed by atoms with Gasteiger partial charge in [0.2, 0.25) is 5.91 Å². The van der Waals surface area contributed by atoms with Crippen LogP contribution in [0.1, 0.15) is 5.56 Å². The first-order valence-corrected chi connectivity index (χ1v) is 8.08. The summed E-state index contributed by atoms with van der Waals surface area (Å²) in [6, 6.07) is 10.7. The Morgan fingerprint density at radius 2 is 2.00 bits per heavy atom. The van der Waals surface area contributed by atoms with Crippen LogP contribution in [-0.4, -0.2) is 39.2 Å². The summed E-state index contributed by atoms with van der Waals surface area (Å²) in [4.78, 5) is 26.0. The zero-order valence-electron chi connectivity index (χ0n) is 14.9. The summed E-state index contributed by atoms with van der Waals surface area (Å²) in [6.07, 6.45) is 0. The summed E-state index contributed by atoms with van der Waals surface area (Å²) in [6.45, 7) is 1.94. The lowest BCUT2D eigenvalue weighted by Crippen LogP contribution is -2.41. The molecule has 1 amide bonds. The highest BCUT2D eigenvalue weighted by atomic mass is 16.5. The molecule has 0 atom stereocenters. The third kappa shape index (κ3) is 3.72. The van der Waals surface area contributed by atoms with E-state index in [1.165, 1.54) is 7.11 Å². The molecule has 2 aromatic rings. The molecule has 0 aromatic heterocycles. The van der Waals surface area contributed by atoms with Gasteiger partial charge in [-0.1, -0.05) is 6.07 Å². The van der Waals surface area contributed by atoms with E-state index in [0.717, 1.165) is 5.56 Å². The fourth-order valence-corrected chi connectivity index (χ4v) is 2.77. The number of nitrogens with one attached hydrogen (secondary N) is 1.